The molecule has 4 rings (SSSR count). The Labute approximate surface area is 210 Å². The lowest BCUT2D eigenvalue weighted by atomic mass is 9.88. The van der Waals surface area contributed by atoms with E-state index in [0.717, 1.165) is 18.4 Å². The number of nitriles is 1. The third kappa shape index (κ3) is 6.92. The van der Waals surface area contributed by atoms with Gasteiger partial charge in [-0.3, -0.25) is 0 Å². The third-order valence-corrected chi connectivity index (χ3v) is 7.45. The molecule has 2 aliphatic rings. The van der Waals surface area contributed by atoms with Crippen LogP contribution >= 0.6 is 0 Å². The van der Waals surface area contributed by atoms with Crippen molar-refractivity contribution >= 4 is 5.69 Å². The number of nitrogens with one attached hydrogen (secondary N) is 1. The van der Waals surface area contributed by atoms with Crippen LogP contribution in [0.2, 0.25) is 0 Å². The molecule has 0 unspecified atom stereocenters. The summed E-state index contributed by atoms with van der Waals surface area (Å²) >= 11 is 0. The molecule has 1 saturated carbocycles. The molecule has 2 N–H and O–H groups in total. The minimum Gasteiger partial charge on any atom is -0.493 e. The van der Waals surface area contributed by atoms with Crippen molar-refractivity contribution in [1.82, 2.24) is 5.32 Å². The van der Waals surface area contributed by atoms with Crippen molar-refractivity contribution in [2.24, 2.45) is 0 Å². The normalized spacial score (nSPS) is 18.6. The van der Waals surface area contributed by atoms with Crippen molar-refractivity contribution in [2.75, 3.05) is 24.6 Å². The van der Waals surface area contributed by atoms with Crippen LogP contribution in [-0.4, -0.2) is 36.4 Å². The number of halogens is 3. The maximum absolute atomic E-state index is 13.3. The van der Waals surface area contributed by atoms with Crippen molar-refractivity contribution in [2.45, 2.75) is 75.7 Å². The highest BCUT2D eigenvalue weighted by Crippen LogP contribution is 2.36. The summed E-state index contributed by atoms with van der Waals surface area (Å²) in [5, 5.41) is 23.6. The summed E-state index contributed by atoms with van der Waals surface area (Å²) in [5.74, 6) is 0.759. The Morgan fingerprint density at radius 1 is 1.06 bits per heavy atom. The molecule has 1 aliphatic carbocycles. The molecule has 2 aromatic carbocycles. The maximum atomic E-state index is 13.3. The van der Waals surface area contributed by atoms with E-state index in [1.54, 1.807) is 6.07 Å². The summed E-state index contributed by atoms with van der Waals surface area (Å²) in [6, 6.07) is 14.0. The standard InChI is InChI=1S/C28H34F3N3O2/c29-28(30,31)26-18-24(9-8-22(26)19-32)34-15-12-27(35,13-16-34)14-17-36-25-10-6-21(7-11-25)20-33-23-4-2-1-3-5-23/h6-11,18,23,33,35H,1-5,12-17,20H2. The second-order valence-electron chi connectivity index (χ2n) is 10.0. The van der Waals surface area contributed by atoms with Gasteiger partial charge in [0.1, 0.15) is 5.75 Å². The molecule has 0 spiro atoms. The Hall–Kier alpha value is -2.76. The molecule has 194 valence electrons. The molecule has 2 aromatic rings. The fourth-order valence-electron chi connectivity index (χ4n) is 5.12. The number of alkyl halides is 3. The average molecular weight is 502 g/mol. The van der Waals surface area contributed by atoms with Gasteiger partial charge in [-0.1, -0.05) is 31.4 Å². The maximum Gasteiger partial charge on any atom is 0.417 e. The number of piperidine rings is 1. The molecule has 1 saturated heterocycles. The zero-order chi connectivity index (χ0) is 25.6. The molecule has 8 heteroatoms. The van der Waals surface area contributed by atoms with Gasteiger partial charge in [0.15, 0.2) is 0 Å². The van der Waals surface area contributed by atoms with E-state index in [1.807, 2.05) is 17.0 Å². The molecule has 0 atom stereocenters. The molecule has 36 heavy (non-hydrogen) atoms. The van der Waals surface area contributed by atoms with Crippen LogP contribution in [0.15, 0.2) is 42.5 Å². The van der Waals surface area contributed by atoms with Gasteiger partial charge in [0.25, 0.3) is 0 Å². The van der Waals surface area contributed by atoms with Crippen LogP contribution in [-0.2, 0) is 12.7 Å². The first-order valence-electron chi connectivity index (χ1n) is 12.8. The van der Waals surface area contributed by atoms with Gasteiger partial charge in [-0.15, -0.1) is 0 Å². The molecule has 0 radical (unpaired) electrons. The van der Waals surface area contributed by atoms with E-state index in [4.69, 9.17) is 10.00 Å². The van der Waals surface area contributed by atoms with Crippen LogP contribution < -0.4 is 15.0 Å². The van der Waals surface area contributed by atoms with Gasteiger partial charge >= 0.3 is 6.18 Å². The zero-order valence-corrected chi connectivity index (χ0v) is 20.5. The van der Waals surface area contributed by atoms with Crippen LogP contribution in [0.5, 0.6) is 5.75 Å². The van der Waals surface area contributed by atoms with E-state index in [1.165, 1.54) is 49.8 Å². The van der Waals surface area contributed by atoms with Crippen LogP contribution in [0.1, 0.15) is 68.1 Å². The predicted molar refractivity (Wildman–Crippen MR) is 133 cm³/mol. The van der Waals surface area contributed by atoms with E-state index in [2.05, 4.69) is 17.4 Å². The predicted octanol–water partition coefficient (Wildman–Crippen LogP) is 5.80. The van der Waals surface area contributed by atoms with Gasteiger partial charge in [-0.25, -0.2) is 0 Å². The number of benzene rings is 2. The van der Waals surface area contributed by atoms with Crippen molar-refractivity contribution in [1.29, 1.82) is 5.26 Å². The molecule has 0 aromatic heterocycles. The van der Waals surface area contributed by atoms with Crippen molar-refractivity contribution in [3.05, 3.63) is 59.2 Å². The van der Waals surface area contributed by atoms with E-state index >= 15 is 0 Å². The summed E-state index contributed by atoms with van der Waals surface area (Å²) in [6.07, 6.45) is 3.21. The Balaban J connectivity index is 1.22. The number of nitrogens with zero attached hydrogens (tertiary/aromatic N) is 2. The van der Waals surface area contributed by atoms with Crippen molar-refractivity contribution in [3.63, 3.8) is 0 Å². The Morgan fingerprint density at radius 3 is 2.39 bits per heavy atom. The highest BCUT2D eigenvalue weighted by Gasteiger charge is 2.36. The Bertz CT molecular complexity index is 1040. The number of rotatable bonds is 8. The van der Waals surface area contributed by atoms with Gasteiger partial charge < -0.3 is 20.1 Å². The second-order valence-corrected chi connectivity index (χ2v) is 10.0. The SMILES string of the molecule is N#Cc1ccc(N2CCC(O)(CCOc3ccc(CNC4CCCCC4)cc3)CC2)cc1C(F)(F)F. The summed E-state index contributed by atoms with van der Waals surface area (Å²) in [6.45, 7) is 2.08. The zero-order valence-electron chi connectivity index (χ0n) is 20.5. The highest BCUT2D eigenvalue weighted by molar-refractivity contribution is 5.55. The number of ether oxygens (including phenoxy) is 1. The molecule has 5 nitrogen and oxygen atoms in total. The summed E-state index contributed by atoms with van der Waals surface area (Å²) in [4.78, 5) is 1.83. The fraction of sp³-hybridized carbons (Fsp3) is 0.536. The highest BCUT2D eigenvalue weighted by atomic mass is 19.4. The number of aliphatic hydroxyl groups is 1. The van der Waals surface area contributed by atoms with Crippen LogP contribution in [0.3, 0.4) is 0 Å². The van der Waals surface area contributed by atoms with E-state index in [-0.39, 0.29) is 5.56 Å². The largest absolute Gasteiger partial charge is 0.493 e. The van der Waals surface area contributed by atoms with Gasteiger partial charge in [-0.2, -0.15) is 18.4 Å². The van der Waals surface area contributed by atoms with E-state index in [0.29, 0.717) is 50.7 Å². The smallest absolute Gasteiger partial charge is 0.417 e. The molecule has 1 heterocycles. The van der Waals surface area contributed by atoms with Crippen LogP contribution in [0, 0.1) is 11.3 Å². The monoisotopic (exact) mass is 501 g/mol. The topological polar surface area (TPSA) is 68.5 Å². The number of anilines is 1. The summed E-state index contributed by atoms with van der Waals surface area (Å²) in [7, 11) is 0. The first-order chi connectivity index (χ1) is 17.3. The fourth-order valence-corrected chi connectivity index (χ4v) is 5.12. The van der Waals surface area contributed by atoms with Gasteiger partial charge in [0, 0.05) is 37.8 Å². The molecule has 1 aliphatic heterocycles. The average Bonchev–Trinajstić information content (AvgIpc) is 2.88. The quantitative estimate of drug-likeness (QED) is 0.479. The summed E-state index contributed by atoms with van der Waals surface area (Å²) < 4.78 is 45.8. The minimum atomic E-state index is -4.58. The van der Waals surface area contributed by atoms with Crippen molar-refractivity contribution < 1.29 is 23.0 Å². The van der Waals surface area contributed by atoms with Gasteiger partial charge in [0.2, 0.25) is 0 Å². The van der Waals surface area contributed by atoms with E-state index < -0.39 is 17.3 Å². The molecular formula is C28H34F3N3O2. The Kier molecular flexibility index (Phi) is 8.43. The lowest BCUT2D eigenvalue weighted by molar-refractivity contribution is -0.137. The molecular weight excluding hydrogens is 467 g/mol. The van der Waals surface area contributed by atoms with Crippen LogP contribution in [0.4, 0.5) is 18.9 Å². The lowest BCUT2D eigenvalue weighted by Crippen LogP contribution is -2.45. The molecule has 0 amide bonds. The van der Waals surface area contributed by atoms with Gasteiger partial charge in [-0.05, 0) is 61.6 Å². The number of hydrogen-bond donors (Lipinski definition) is 2. The first-order valence-corrected chi connectivity index (χ1v) is 12.8. The minimum absolute atomic E-state index is 0.366. The Morgan fingerprint density at radius 2 is 1.75 bits per heavy atom. The van der Waals surface area contributed by atoms with Gasteiger partial charge in [0.05, 0.1) is 29.4 Å². The first kappa shape index (κ1) is 26.3. The van der Waals surface area contributed by atoms with Crippen molar-refractivity contribution in [3.8, 4) is 11.8 Å². The third-order valence-electron chi connectivity index (χ3n) is 7.45. The summed E-state index contributed by atoms with van der Waals surface area (Å²) in [5.41, 5.74) is -0.592. The number of hydrogen-bond acceptors (Lipinski definition) is 5. The molecule has 0 bridgehead atoms. The van der Waals surface area contributed by atoms with Crippen LogP contribution in [0.25, 0.3) is 0 Å². The second kappa shape index (κ2) is 11.5. The molecule has 2 fully saturated rings. The lowest BCUT2D eigenvalue weighted by Gasteiger charge is -2.39. The van der Waals surface area contributed by atoms with E-state index in [9.17, 15) is 18.3 Å².